The van der Waals surface area contributed by atoms with E-state index in [1.807, 2.05) is 12.1 Å². The maximum absolute atomic E-state index is 12.3. The van der Waals surface area contributed by atoms with Crippen LogP contribution in [0.15, 0.2) is 53.6 Å². The SMILES string of the molecule is [N-]=[N+]=Nc1ccc(C(=O)N[C@@H](CCCCNC(=O)CCCc2ccc(I)cc2)C(=O)O)cc1. The zero-order chi connectivity index (χ0) is 24.1. The van der Waals surface area contributed by atoms with E-state index in [0.29, 0.717) is 31.5 Å². The predicted molar refractivity (Wildman–Crippen MR) is 133 cm³/mol. The maximum Gasteiger partial charge on any atom is 0.326 e. The van der Waals surface area contributed by atoms with Crippen molar-refractivity contribution in [3.05, 3.63) is 73.7 Å². The van der Waals surface area contributed by atoms with E-state index in [-0.39, 0.29) is 17.9 Å². The topological polar surface area (TPSA) is 144 Å². The van der Waals surface area contributed by atoms with Crippen LogP contribution in [0.3, 0.4) is 0 Å². The number of carbonyl (C=O) groups excluding carboxylic acids is 2. The van der Waals surface area contributed by atoms with E-state index in [9.17, 15) is 19.5 Å². The van der Waals surface area contributed by atoms with Crippen LogP contribution in [-0.2, 0) is 16.0 Å². The van der Waals surface area contributed by atoms with Crippen molar-refractivity contribution in [3.8, 4) is 0 Å². The third-order valence-corrected chi connectivity index (χ3v) is 5.64. The Kier molecular flexibility index (Phi) is 11.2. The van der Waals surface area contributed by atoms with E-state index in [2.05, 4.69) is 55.4 Å². The zero-order valence-corrected chi connectivity index (χ0v) is 20.2. The summed E-state index contributed by atoms with van der Waals surface area (Å²) in [6, 6.07) is 13.1. The molecule has 0 radical (unpaired) electrons. The minimum Gasteiger partial charge on any atom is -0.480 e. The van der Waals surface area contributed by atoms with Gasteiger partial charge >= 0.3 is 5.97 Å². The molecular formula is C23H26IN5O4. The van der Waals surface area contributed by atoms with Gasteiger partial charge < -0.3 is 15.7 Å². The highest BCUT2D eigenvalue weighted by atomic mass is 127. The molecule has 2 amide bonds. The molecule has 2 aromatic rings. The van der Waals surface area contributed by atoms with Gasteiger partial charge in [0.05, 0.1) is 0 Å². The molecule has 3 N–H and O–H groups in total. The molecule has 2 rings (SSSR count). The minimum absolute atomic E-state index is 0.0206. The van der Waals surface area contributed by atoms with Gasteiger partial charge in [0.25, 0.3) is 5.91 Å². The molecule has 0 aliphatic carbocycles. The van der Waals surface area contributed by atoms with Gasteiger partial charge in [0.1, 0.15) is 6.04 Å². The number of unbranched alkanes of at least 4 members (excludes halogenated alkanes) is 1. The minimum atomic E-state index is -1.12. The number of aliphatic carboxylic acids is 1. The summed E-state index contributed by atoms with van der Waals surface area (Å²) in [5.41, 5.74) is 10.2. The fourth-order valence-electron chi connectivity index (χ4n) is 3.12. The predicted octanol–water partition coefficient (Wildman–Crippen LogP) is 4.73. The smallest absolute Gasteiger partial charge is 0.326 e. The monoisotopic (exact) mass is 563 g/mol. The first-order chi connectivity index (χ1) is 15.9. The number of carbonyl (C=O) groups is 3. The first-order valence-electron chi connectivity index (χ1n) is 10.6. The van der Waals surface area contributed by atoms with Gasteiger partial charge in [0.2, 0.25) is 5.91 Å². The van der Waals surface area contributed by atoms with Crippen molar-refractivity contribution in [2.75, 3.05) is 6.54 Å². The van der Waals surface area contributed by atoms with Crippen molar-refractivity contribution < 1.29 is 19.5 Å². The van der Waals surface area contributed by atoms with E-state index in [1.165, 1.54) is 33.4 Å². The number of aryl methyl sites for hydroxylation is 1. The molecule has 0 bridgehead atoms. The lowest BCUT2D eigenvalue weighted by atomic mass is 10.1. The highest BCUT2D eigenvalue weighted by Crippen LogP contribution is 2.14. The second-order valence-corrected chi connectivity index (χ2v) is 8.67. The molecule has 0 spiro atoms. The maximum atomic E-state index is 12.3. The molecule has 9 nitrogen and oxygen atoms in total. The average molecular weight is 563 g/mol. The summed E-state index contributed by atoms with van der Waals surface area (Å²) in [5, 5.41) is 18.2. The number of azide groups is 1. The van der Waals surface area contributed by atoms with Crippen LogP contribution in [0.1, 0.15) is 48.0 Å². The Bertz CT molecular complexity index is 989. The van der Waals surface area contributed by atoms with Crippen molar-refractivity contribution >= 4 is 46.1 Å². The Hall–Kier alpha value is -3.11. The third-order valence-electron chi connectivity index (χ3n) is 4.92. The van der Waals surface area contributed by atoms with E-state index in [0.717, 1.165) is 12.8 Å². The molecule has 0 unspecified atom stereocenters. The van der Waals surface area contributed by atoms with Gasteiger partial charge in [0, 0.05) is 32.7 Å². The number of halogens is 1. The summed E-state index contributed by atoms with van der Waals surface area (Å²) in [4.78, 5) is 38.4. The molecular weight excluding hydrogens is 537 g/mol. The van der Waals surface area contributed by atoms with E-state index >= 15 is 0 Å². The Labute approximate surface area is 205 Å². The lowest BCUT2D eigenvalue weighted by Crippen LogP contribution is -2.40. The van der Waals surface area contributed by atoms with Crippen molar-refractivity contribution in [1.82, 2.24) is 10.6 Å². The average Bonchev–Trinajstić information content (AvgIpc) is 2.80. The Morgan fingerprint density at radius 2 is 1.73 bits per heavy atom. The molecule has 0 saturated heterocycles. The van der Waals surface area contributed by atoms with Crippen molar-refractivity contribution in [2.24, 2.45) is 5.11 Å². The standard InChI is InChI=1S/C23H26IN5O4/c24-18-11-7-16(8-12-18)4-3-6-21(30)26-15-2-1-5-20(23(32)33)27-22(31)17-9-13-19(14-10-17)28-29-25/h7-14,20H,1-6,15H2,(H,26,30)(H,27,31)(H,32,33)/t20-/m0/s1. The number of nitrogens with zero attached hydrogens (tertiary/aromatic N) is 3. The van der Waals surface area contributed by atoms with Gasteiger partial charge in [-0.05, 0) is 90.1 Å². The van der Waals surface area contributed by atoms with Crippen molar-refractivity contribution in [1.29, 1.82) is 0 Å². The van der Waals surface area contributed by atoms with Gasteiger partial charge in [-0.3, -0.25) is 9.59 Å². The quantitative estimate of drug-likeness (QED) is 0.106. The third kappa shape index (κ3) is 9.92. The van der Waals surface area contributed by atoms with Gasteiger partial charge in [-0.1, -0.05) is 29.4 Å². The zero-order valence-electron chi connectivity index (χ0n) is 18.0. The molecule has 0 heterocycles. The van der Waals surface area contributed by atoms with E-state index in [4.69, 9.17) is 5.53 Å². The van der Waals surface area contributed by atoms with Crippen LogP contribution in [0.25, 0.3) is 10.4 Å². The first-order valence-corrected chi connectivity index (χ1v) is 11.7. The number of amides is 2. The largest absolute Gasteiger partial charge is 0.480 e. The molecule has 0 saturated carbocycles. The molecule has 0 fully saturated rings. The van der Waals surface area contributed by atoms with Crippen molar-refractivity contribution in [2.45, 2.75) is 44.6 Å². The number of benzene rings is 2. The fraction of sp³-hybridized carbons (Fsp3) is 0.348. The lowest BCUT2D eigenvalue weighted by molar-refractivity contribution is -0.139. The lowest BCUT2D eigenvalue weighted by Gasteiger charge is -2.14. The highest BCUT2D eigenvalue weighted by Gasteiger charge is 2.20. The van der Waals surface area contributed by atoms with Gasteiger partial charge in [-0.15, -0.1) is 0 Å². The number of rotatable bonds is 13. The summed E-state index contributed by atoms with van der Waals surface area (Å²) in [7, 11) is 0. The van der Waals surface area contributed by atoms with Crippen molar-refractivity contribution in [3.63, 3.8) is 0 Å². The van der Waals surface area contributed by atoms with Crippen LogP contribution < -0.4 is 10.6 Å². The van der Waals surface area contributed by atoms with Crippen LogP contribution in [0.2, 0.25) is 0 Å². The Balaban J connectivity index is 1.65. The fourth-order valence-corrected chi connectivity index (χ4v) is 3.48. The summed E-state index contributed by atoms with van der Waals surface area (Å²) in [5.74, 6) is -1.65. The first kappa shape index (κ1) is 26.1. The van der Waals surface area contributed by atoms with Crippen LogP contribution >= 0.6 is 22.6 Å². The molecule has 174 valence electrons. The Morgan fingerprint density at radius 3 is 2.36 bits per heavy atom. The summed E-state index contributed by atoms with van der Waals surface area (Å²) >= 11 is 2.26. The molecule has 1 atom stereocenters. The number of hydrogen-bond donors (Lipinski definition) is 3. The molecule has 33 heavy (non-hydrogen) atoms. The van der Waals surface area contributed by atoms with E-state index in [1.54, 1.807) is 0 Å². The second kappa shape index (κ2) is 14.1. The second-order valence-electron chi connectivity index (χ2n) is 7.43. The highest BCUT2D eigenvalue weighted by molar-refractivity contribution is 14.1. The van der Waals surface area contributed by atoms with E-state index < -0.39 is 17.9 Å². The van der Waals surface area contributed by atoms with Crippen LogP contribution in [0.5, 0.6) is 0 Å². The molecule has 10 heteroatoms. The summed E-state index contributed by atoms with van der Waals surface area (Å²) in [6.45, 7) is 0.462. The normalized spacial score (nSPS) is 11.2. The van der Waals surface area contributed by atoms with Crippen LogP contribution in [0.4, 0.5) is 5.69 Å². The number of nitrogens with one attached hydrogen (secondary N) is 2. The molecule has 0 aliphatic rings. The molecule has 0 aliphatic heterocycles. The Morgan fingerprint density at radius 1 is 1.03 bits per heavy atom. The molecule has 0 aromatic heterocycles. The van der Waals surface area contributed by atoms with Gasteiger partial charge in [0.15, 0.2) is 0 Å². The number of carboxylic acids is 1. The van der Waals surface area contributed by atoms with Crippen LogP contribution in [0, 0.1) is 3.57 Å². The number of hydrogen-bond acceptors (Lipinski definition) is 4. The number of carboxylic acid groups (broad SMARTS) is 1. The molecule has 2 aromatic carbocycles. The summed E-state index contributed by atoms with van der Waals surface area (Å²) < 4.78 is 1.18. The van der Waals surface area contributed by atoms with Gasteiger partial charge in [-0.2, -0.15) is 0 Å². The van der Waals surface area contributed by atoms with Crippen LogP contribution in [-0.4, -0.2) is 35.5 Å². The van der Waals surface area contributed by atoms with Gasteiger partial charge in [-0.25, -0.2) is 4.79 Å². The summed E-state index contributed by atoms with van der Waals surface area (Å²) in [6.07, 6.45) is 3.46.